The molecule has 2 rings (SSSR count). The molecule has 0 atom stereocenters. The smallest absolute Gasteiger partial charge is 0.227 e. The minimum Gasteiger partial charge on any atom is -0.431 e. The molecule has 2 aromatic rings. The molecule has 0 saturated heterocycles. The second kappa shape index (κ2) is 3.18. The molecule has 0 fully saturated rings. The van der Waals surface area contributed by atoms with Crippen molar-refractivity contribution in [1.29, 1.82) is 0 Å². The van der Waals surface area contributed by atoms with Crippen LogP contribution in [0.15, 0.2) is 27.4 Å². The van der Waals surface area contributed by atoms with Crippen LogP contribution in [0, 0.1) is 0 Å². The van der Waals surface area contributed by atoms with Crippen LogP contribution in [-0.4, -0.2) is 4.98 Å². The molecule has 2 heterocycles. The second-order valence-corrected chi connectivity index (χ2v) is 3.76. The molecular weight excluding hydrogens is 286 g/mol. The fraction of sp³-hybridized carbons (Fsp3) is 0.125. The number of alkyl halides is 1. The van der Waals surface area contributed by atoms with Crippen molar-refractivity contribution in [1.82, 2.24) is 4.98 Å². The Hall–Kier alpha value is -0.350. The van der Waals surface area contributed by atoms with E-state index in [1.54, 1.807) is 6.20 Å². The lowest BCUT2D eigenvalue weighted by Gasteiger charge is -1.91. The number of halogens is 2. The molecule has 0 saturated carbocycles. The van der Waals surface area contributed by atoms with Gasteiger partial charge in [0.25, 0.3) is 0 Å². The number of pyridine rings is 1. The highest BCUT2D eigenvalue weighted by Gasteiger charge is 2.02. The Morgan fingerprint density at radius 3 is 3.00 bits per heavy atom. The van der Waals surface area contributed by atoms with Gasteiger partial charge in [0.1, 0.15) is 0 Å². The summed E-state index contributed by atoms with van der Waals surface area (Å²) in [6.45, 7) is 0. The van der Waals surface area contributed by atoms with Crippen LogP contribution in [0.25, 0.3) is 11.1 Å². The van der Waals surface area contributed by atoms with Crippen LogP contribution in [0.5, 0.6) is 0 Å². The summed E-state index contributed by atoms with van der Waals surface area (Å²) in [5, 5.41) is 1.84. The van der Waals surface area contributed by atoms with Gasteiger partial charge in [0.15, 0.2) is 4.67 Å². The number of hydrogen-bond donors (Lipinski definition) is 0. The molecule has 2 nitrogen and oxygen atoms in total. The van der Waals surface area contributed by atoms with Crippen LogP contribution in [0.1, 0.15) is 5.56 Å². The highest BCUT2D eigenvalue weighted by molar-refractivity contribution is 9.10. The quantitative estimate of drug-likeness (QED) is 0.752. The van der Waals surface area contributed by atoms with Gasteiger partial charge in [-0.2, -0.15) is 0 Å². The second-order valence-electron chi connectivity index (χ2n) is 2.42. The molecule has 0 aliphatic heterocycles. The zero-order chi connectivity index (χ0) is 8.55. The van der Waals surface area contributed by atoms with Crippen LogP contribution in [0.3, 0.4) is 0 Å². The Bertz CT molecular complexity index is 410. The van der Waals surface area contributed by atoms with E-state index >= 15 is 0 Å². The molecule has 2 aromatic heterocycles. The van der Waals surface area contributed by atoms with E-state index in [-0.39, 0.29) is 0 Å². The first kappa shape index (κ1) is 8.26. The number of hydrogen-bond acceptors (Lipinski definition) is 2. The summed E-state index contributed by atoms with van der Waals surface area (Å²) in [5.74, 6) is 0. The first-order valence-corrected chi connectivity index (χ1v) is 5.31. The molecule has 0 radical (unpaired) electrons. The summed E-state index contributed by atoms with van der Waals surface area (Å²) < 4.78 is 5.98. The van der Waals surface area contributed by atoms with Crippen LogP contribution in [-0.2, 0) is 5.33 Å². The van der Waals surface area contributed by atoms with Crippen LogP contribution < -0.4 is 0 Å². The van der Waals surface area contributed by atoms with Crippen molar-refractivity contribution < 1.29 is 4.42 Å². The number of rotatable bonds is 1. The lowest BCUT2D eigenvalue weighted by Crippen LogP contribution is -1.78. The highest BCUT2D eigenvalue weighted by Crippen LogP contribution is 2.22. The topological polar surface area (TPSA) is 26.0 Å². The Kier molecular flexibility index (Phi) is 2.19. The van der Waals surface area contributed by atoms with Gasteiger partial charge in [-0.1, -0.05) is 15.9 Å². The zero-order valence-electron chi connectivity index (χ0n) is 6.05. The third-order valence-electron chi connectivity index (χ3n) is 1.55. The van der Waals surface area contributed by atoms with Gasteiger partial charge >= 0.3 is 0 Å². The predicted octanol–water partition coefficient (Wildman–Crippen LogP) is 3.49. The minimum absolute atomic E-state index is 0.673. The van der Waals surface area contributed by atoms with Crippen LogP contribution in [0.2, 0.25) is 0 Å². The van der Waals surface area contributed by atoms with Crippen molar-refractivity contribution >= 4 is 43.0 Å². The molecule has 0 spiro atoms. The molecule has 0 N–H and O–H groups in total. The summed E-state index contributed by atoms with van der Waals surface area (Å²) in [5.41, 5.74) is 1.82. The molecule has 0 unspecified atom stereocenters. The zero-order valence-corrected chi connectivity index (χ0v) is 9.22. The average molecular weight is 291 g/mol. The van der Waals surface area contributed by atoms with Crippen molar-refractivity contribution in [2.24, 2.45) is 0 Å². The van der Waals surface area contributed by atoms with Gasteiger partial charge in [0.05, 0.1) is 0 Å². The van der Waals surface area contributed by atoms with Crippen molar-refractivity contribution in [3.8, 4) is 0 Å². The maximum atomic E-state index is 5.26. The van der Waals surface area contributed by atoms with Gasteiger partial charge in [0, 0.05) is 23.0 Å². The highest BCUT2D eigenvalue weighted by atomic mass is 79.9. The van der Waals surface area contributed by atoms with Gasteiger partial charge in [-0.15, -0.1) is 0 Å². The lowest BCUT2D eigenvalue weighted by atomic mass is 10.2. The standard InChI is InChI=1S/C8H5Br2NO/c9-3-5-1-6-2-7(10)12-8(6)11-4-5/h1-2,4H,3H2. The summed E-state index contributed by atoms with van der Waals surface area (Å²) >= 11 is 6.62. The number of fused-ring (bicyclic) bond motifs is 1. The molecule has 4 heteroatoms. The molecule has 0 aliphatic rings. The van der Waals surface area contributed by atoms with E-state index in [2.05, 4.69) is 36.8 Å². The molecule has 0 aliphatic carbocycles. The third-order valence-corrected chi connectivity index (χ3v) is 2.59. The summed E-state index contributed by atoms with van der Waals surface area (Å²) in [7, 11) is 0. The number of aromatic nitrogens is 1. The van der Waals surface area contributed by atoms with Crippen molar-refractivity contribution in [3.05, 3.63) is 28.6 Å². The van der Waals surface area contributed by atoms with Crippen molar-refractivity contribution in [2.45, 2.75) is 5.33 Å². The predicted molar refractivity (Wildman–Crippen MR) is 54.3 cm³/mol. The van der Waals surface area contributed by atoms with Gasteiger partial charge in [-0.3, -0.25) is 0 Å². The van der Waals surface area contributed by atoms with Crippen LogP contribution >= 0.6 is 31.9 Å². The summed E-state index contributed by atoms with van der Waals surface area (Å²) in [6, 6.07) is 3.96. The molecule has 62 valence electrons. The summed E-state index contributed by atoms with van der Waals surface area (Å²) in [6.07, 6.45) is 1.80. The van der Waals surface area contributed by atoms with E-state index in [1.165, 1.54) is 0 Å². The van der Waals surface area contributed by atoms with Crippen LogP contribution in [0.4, 0.5) is 0 Å². The summed E-state index contributed by atoms with van der Waals surface area (Å²) in [4.78, 5) is 4.15. The lowest BCUT2D eigenvalue weighted by molar-refractivity contribution is 0.575. The minimum atomic E-state index is 0.673. The average Bonchev–Trinajstić information content (AvgIpc) is 2.43. The van der Waals surface area contributed by atoms with E-state index in [0.717, 1.165) is 20.9 Å². The Balaban J connectivity index is 2.66. The van der Waals surface area contributed by atoms with Gasteiger partial charge in [-0.25, -0.2) is 4.98 Å². The largest absolute Gasteiger partial charge is 0.431 e. The van der Waals surface area contributed by atoms with Crippen molar-refractivity contribution in [2.75, 3.05) is 0 Å². The van der Waals surface area contributed by atoms with Gasteiger partial charge in [0.2, 0.25) is 5.71 Å². The van der Waals surface area contributed by atoms with E-state index in [9.17, 15) is 0 Å². The fourth-order valence-corrected chi connectivity index (χ4v) is 1.73. The molecule has 0 aromatic carbocycles. The maximum absolute atomic E-state index is 5.26. The van der Waals surface area contributed by atoms with E-state index in [0.29, 0.717) is 5.71 Å². The fourth-order valence-electron chi connectivity index (χ4n) is 1.02. The number of nitrogens with zero attached hydrogens (tertiary/aromatic N) is 1. The first-order chi connectivity index (χ1) is 5.79. The molecule has 12 heavy (non-hydrogen) atoms. The maximum Gasteiger partial charge on any atom is 0.227 e. The Morgan fingerprint density at radius 1 is 1.42 bits per heavy atom. The molecular formula is C8H5Br2NO. The normalized spacial score (nSPS) is 10.8. The molecule has 0 bridgehead atoms. The Morgan fingerprint density at radius 2 is 2.25 bits per heavy atom. The van der Waals surface area contributed by atoms with E-state index in [1.807, 2.05) is 12.1 Å². The van der Waals surface area contributed by atoms with Gasteiger partial charge in [-0.05, 0) is 27.6 Å². The third kappa shape index (κ3) is 1.41. The first-order valence-electron chi connectivity index (χ1n) is 3.39. The number of furan rings is 1. The van der Waals surface area contributed by atoms with Crippen molar-refractivity contribution in [3.63, 3.8) is 0 Å². The van der Waals surface area contributed by atoms with Gasteiger partial charge < -0.3 is 4.42 Å². The molecule has 0 amide bonds. The monoisotopic (exact) mass is 289 g/mol. The SMILES string of the molecule is BrCc1cnc2oc(Br)cc2c1. The van der Waals surface area contributed by atoms with E-state index in [4.69, 9.17) is 4.42 Å². The Labute approximate surface area is 86.2 Å². The van der Waals surface area contributed by atoms with E-state index < -0.39 is 0 Å².